The van der Waals surface area contributed by atoms with Gasteiger partial charge >= 0.3 is 0 Å². The first-order valence-electron chi connectivity index (χ1n) is 14.4. The van der Waals surface area contributed by atoms with Gasteiger partial charge in [0.05, 0.1) is 29.3 Å². The molecule has 0 atom stereocenters. The largest absolute Gasteiger partial charge is 0.485 e. The van der Waals surface area contributed by atoms with Crippen LogP contribution in [0.2, 0.25) is 0 Å². The lowest BCUT2D eigenvalue weighted by molar-refractivity contribution is 0.172. The Balaban J connectivity index is 1.42. The predicted octanol–water partition coefficient (Wildman–Crippen LogP) is 8.94. The molecule has 0 saturated heterocycles. The molecule has 2 aliphatic rings. The molecule has 6 heterocycles. The Labute approximate surface area is 242 Å². The maximum absolute atomic E-state index is 6.24. The van der Waals surface area contributed by atoms with Gasteiger partial charge in [0.25, 0.3) is 0 Å². The van der Waals surface area contributed by atoms with Gasteiger partial charge in [-0.1, -0.05) is 52.4 Å². The van der Waals surface area contributed by atoms with Crippen molar-refractivity contribution >= 4 is 45.0 Å². The molecule has 0 unspecified atom stereocenters. The third-order valence-corrected chi connectivity index (χ3v) is 11.1. The summed E-state index contributed by atoms with van der Waals surface area (Å²) in [6.45, 7) is 6.83. The maximum atomic E-state index is 6.24. The van der Waals surface area contributed by atoms with Crippen LogP contribution in [-0.2, 0) is 12.8 Å². The molecule has 0 spiro atoms. The Morgan fingerprint density at radius 1 is 0.538 bits per heavy atom. The third-order valence-electron chi connectivity index (χ3n) is 7.19. The molecule has 4 aromatic heterocycles. The first-order chi connectivity index (χ1) is 19.3. The van der Waals surface area contributed by atoms with Gasteiger partial charge in [0.1, 0.15) is 37.5 Å². The van der Waals surface area contributed by atoms with Gasteiger partial charge in [-0.3, -0.25) is 9.97 Å². The van der Waals surface area contributed by atoms with Crippen molar-refractivity contribution in [3.8, 4) is 42.5 Å². The number of hydrogen-bond acceptors (Lipinski definition) is 9. The normalized spacial score (nSPS) is 14.3. The molecule has 0 radical (unpaired) electrons. The highest BCUT2D eigenvalue weighted by Gasteiger charge is 2.32. The maximum Gasteiger partial charge on any atom is 0.181 e. The van der Waals surface area contributed by atoms with E-state index in [1.807, 2.05) is 0 Å². The lowest BCUT2D eigenvalue weighted by Gasteiger charge is -2.17. The van der Waals surface area contributed by atoms with Gasteiger partial charge in [-0.2, -0.15) is 0 Å². The molecule has 9 heteroatoms. The molecule has 0 bridgehead atoms. The Morgan fingerprint density at radius 3 is 1.41 bits per heavy atom. The molecule has 6 rings (SSSR count). The lowest BCUT2D eigenvalue weighted by atomic mass is 10.1. The van der Waals surface area contributed by atoms with Crippen LogP contribution in [0.15, 0.2) is 12.4 Å². The zero-order valence-electron chi connectivity index (χ0n) is 22.8. The minimum atomic E-state index is 0.568. The van der Waals surface area contributed by atoms with Crippen molar-refractivity contribution in [2.45, 2.75) is 78.1 Å². The predicted molar refractivity (Wildman–Crippen MR) is 162 cm³/mol. The number of fused-ring (bicyclic) bond motifs is 3. The number of ether oxygens (including phenoxy) is 4. The van der Waals surface area contributed by atoms with E-state index in [1.54, 1.807) is 46.4 Å². The van der Waals surface area contributed by atoms with Crippen LogP contribution >= 0.6 is 34.0 Å². The van der Waals surface area contributed by atoms with E-state index in [-0.39, 0.29) is 0 Å². The smallest absolute Gasteiger partial charge is 0.181 e. The number of thiophene rings is 3. The Hall–Kier alpha value is -2.36. The van der Waals surface area contributed by atoms with Crippen LogP contribution in [-0.4, -0.2) is 36.4 Å². The molecular formula is C30H36N2O4S3. The third kappa shape index (κ3) is 5.37. The van der Waals surface area contributed by atoms with Crippen molar-refractivity contribution in [2.24, 2.45) is 0 Å². The van der Waals surface area contributed by atoms with Crippen LogP contribution in [0.1, 0.15) is 75.0 Å². The molecule has 0 aromatic carbocycles. The molecule has 0 saturated carbocycles. The monoisotopic (exact) mass is 584 g/mol. The van der Waals surface area contributed by atoms with Crippen molar-refractivity contribution in [1.82, 2.24) is 9.97 Å². The van der Waals surface area contributed by atoms with E-state index in [9.17, 15) is 0 Å². The molecule has 0 aliphatic carbocycles. The summed E-state index contributed by atoms with van der Waals surface area (Å²) in [7, 11) is 0. The standard InChI is InChI=1S/C30H36N2O4S3/c1-3-5-7-9-11-19-23-25(35-17-15-33-23)29(37-19)27-21-22(32-14-13-31-21)28(39-27)30-26-24(34-16-18-36-26)20(38-30)12-10-8-6-4-2/h13-14H,3-12,15-18H2,1-2H3. The van der Waals surface area contributed by atoms with Gasteiger partial charge < -0.3 is 18.9 Å². The van der Waals surface area contributed by atoms with Crippen LogP contribution in [0.4, 0.5) is 0 Å². The molecule has 6 nitrogen and oxygen atoms in total. The van der Waals surface area contributed by atoms with E-state index in [0.29, 0.717) is 26.4 Å². The average Bonchev–Trinajstić information content (AvgIpc) is 3.65. The van der Waals surface area contributed by atoms with Crippen LogP contribution in [0, 0.1) is 0 Å². The minimum absolute atomic E-state index is 0.568. The van der Waals surface area contributed by atoms with E-state index < -0.39 is 0 Å². The van der Waals surface area contributed by atoms with Gasteiger partial charge in [-0.15, -0.1) is 34.0 Å². The van der Waals surface area contributed by atoms with Crippen LogP contribution < -0.4 is 18.9 Å². The number of hydrogen-bond donors (Lipinski definition) is 0. The molecule has 0 N–H and O–H groups in total. The van der Waals surface area contributed by atoms with Gasteiger partial charge in [-0.05, 0) is 25.7 Å². The summed E-state index contributed by atoms with van der Waals surface area (Å²) in [5.74, 6) is 3.62. The van der Waals surface area contributed by atoms with Gasteiger partial charge in [-0.25, -0.2) is 0 Å². The van der Waals surface area contributed by atoms with Gasteiger partial charge in [0, 0.05) is 12.4 Å². The number of rotatable bonds is 12. The summed E-state index contributed by atoms with van der Waals surface area (Å²) in [5, 5.41) is 0. The fraction of sp³-hybridized carbons (Fsp3) is 0.533. The van der Waals surface area contributed by atoms with Crippen molar-refractivity contribution in [1.29, 1.82) is 0 Å². The number of unbranched alkanes of at least 4 members (excludes halogenated alkanes) is 6. The fourth-order valence-corrected chi connectivity index (χ4v) is 9.16. The van der Waals surface area contributed by atoms with Crippen LogP contribution in [0.3, 0.4) is 0 Å². The molecule has 208 valence electrons. The summed E-state index contributed by atoms with van der Waals surface area (Å²) in [5.41, 5.74) is 1.83. The van der Waals surface area contributed by atoms with Crippen molar-refractivity contribution in [3.63, 3.8) is 0 Å². The van der Waals surface area contributed by atoms with E-state index in [0.717, 1.165) is 66.4 Å². The summed E-state index contributed by atoms with van der Waals surface area (Å²) in [6, 6.07) is 0. The van der Waals surface area contributed by atoms with E-state index in [2.05, 4.69) is 13.8 Å². The van der Waals surface area contributed by atoms with Crippen LogP contribution in [0.5, 0.6) is 23.0 Å². The topological polar surface area (TPSA) is 62.7 Å². The van der Waals surface area contributed by atoms with Crippen molar-refractivity contribution in [3.05, 3.63) is 22.1 Å². The first kappa shape index (κ1) is 26.8. The Kier molecular flexibility index (Phi) is 8.56. The lowest BCUT2D eigenvalue weighted by Crippen LogP contribution is -2.15. The molecule has 39 heavy (non-hydrogen) atoms. The number of nitrogens with zero attached hydrogens (tertiary/aromatic N) is 2. The second-order valence-corrected chi connectivity index (χ2v) is 13.3. The van der Waals surface area contributed by atoms with Crippen molar-refractivity contribution in [2.75, 3.05) is 26.4 Å². The molecule has 0 amide bonds. The fourth-order valence-electron chi connectivity index (χ4n) is 5.25. The highest BCUT2D eigenvalue weighted by molar-refractivity contribution is 7.28. The first-order valence-corrected chi connectivity index (χ1v) is 16.8. The molecule has 4 aromatic rings. The van der Waals surface area contributed by atoms with Gasteiger partial charge in [0.2, 0.25) is 0 Å². The summed E-state index contributed by atoms with van der Waals surface area (Å²) >= 11 is 5.34. The second kappa shape index (κ2) is 12.4. The van der Waals surface area contributed by atoms with E-state index in [1.165, 1.54) is 61.1 Å². The zero-order valence-corrected chi connectivity index (χ0v) is 25.3. The molecule has 2 aliphatic heterocycles. The molecule has 0 fully saturated rings. The average molecular weight is 585 g/mol. The summed E-state index contributed by atoms with van der Waals surface area (Å²) < 4.78 is 24.8. The second-order valence-electron chi connectivity index (χ2n) is 10.1. The Bertz CT molecular complexity index is 1320. The summed E-state index contributed by atoms with van der Waals surface area (Å²) in [6.07, 6.45) is 15.4. The SMILES string of the molecule is CCCCCCc1sc(-c2sc(-c3sc(CCCCCC)c4c3OCCO4)c3nccnc23)c2c1OCCO2. The number of aromatic nitrogens is 2. The van der Waals surface area contributed by atoms with Gasteiger partial charge in [0.15, 0.2) is 23.0 Å². The summed E-state index contributed by atoms with van der Waals surface area (Å²) in [4.78, 5) is 16.6. The van der Waals surface area contributed by atoms with E-state index in [4.69, 9.17) is 28.9 Å². The zero-order chi connectivity index (χ0) is 26.6. The highest BCUT2D eigenvalue weighted by Crippen LogP contribution is 2.57. The number of aryl methyl sites for hydroxylation is 2. The van der Waals surface area contributed by atoms with E-state index >= 15 is 0 Å². The minimum Gasteiger partial charge on any atom is -0.485 e. The highest BCUT2D eigenvalue weighted by atomic mass is 32.1. The van der Waals surface area contributed by atoms with Crippen LogP contribution in [0.25, 0.3) is 30.5 Å². The molecular weight excluding hydrogens is 549 g/mol. The van der Waals surface area contributed by atoms with Crippen molar-refractivity contribution < 1.29 is 18.9 Å². The Morgan fingerprint density at radius 2 is 0.974 bits per heavy atom. The quantitative estimate of drug-likeness (QED) is 0.155.